The molecule has 0 saturated heterocycles. The largest absolute Gasteiger partial charge is 0.310 e. The molecule has 1 aromatic carbocycles. The molecule has 19 heavy (non-hydrogen) atoms. The van der Waals surface area contributed by atoms with Gasteiger partial charge in [-0.2, -0.15) is 0 Å². The van der Waals surface area contributed by atoms with E-state index in [-0.39, 0.29) is 6.04 Å². The lowest BCUT2D eigenvalue weighted by molar-refractivity contribution is 0.502. The molecule has 1 heterocycles. The Morgan fingerprint density at radius 2 is 2.00 bits per heavy atom. The first-order valence-electron chi connectivity index (χ1n) is 6.33. The molecular formula is C15H17F2NS. The van der Waals surface area contributed by atoms with Gasteiger partial charge in [-0.25, -0.2) is 8.78 Å². The molecule has 0 aliphatic heterocycles. The van der Waals surface area contributed by atoms with Crippen LogP contribution in [-0.2, 0) is 6.42 Å². The summed E-state index contributed by atoms with van der Waals surface area (Å²) >= 11 is 1.70. The second-order valence-corrected chi connectivity index (χ2v) is 5.62. The fourth-order valence-electron chi connectivity index (χ4n) is 2.20. The van der Waals surface area contributed by atoms with E-state index in [2.05, 4.69) is 23.7 Å². The summed E-state index contributed by atoms with van der Waals surface area (Å²) < 4.78 is 26.2. The van der Waals surface area contributed by atoms with Gasteiger partial charge in [-0.3, -0.25) is 0 Å². The van der Waals surface area contributed by atoms with Gasteiger partial charge in [0.1, 0.15) is 0 Å². The molecule has 2 aromatic rings. The van der Waals surface area contributed by atoms with Gasteiger partial charge in [0, 0.05) is 10.9 Å². The van der Waals surface area contributed by atoms with Crippen LogP contribution in [0.15, 0.2) is 29.6 Å². The Hall–Kier alpha value is -1.26. The zero-order valence-corrected chi connectivity index (χ0v) is 11.9. The molecule has 1 unspecified atom stereocenters. The number of halogens is 2. The van der Waals surface area contributed by atoms with Crippen LogP contribution >= 0.6 is 11.3 Å². The molecule has 1 aromatic heterocycles. The van der Waals surface area contributed by atoms with E-state index in [4.69, 9.17) is 0 Å². The number of rotatable bonds is 5. The van der Waals surface area contributed by atoms with E-state index in [0.717, 1.165) is 12.1 Å². The maximum Gasteiger partial charge on any atom is 0.159 e. The lowest BCUT2D eigenvalue weighted by atomic mass is 9.99. The highest BCUT2D eigenvalue weighted by atomic mass is 32.1. The van der Waals surface area contributed by atoms with Crippen molar-refractivity contribution in [3.63, 3.8) is 0 Å². The molecule has 0 saturated carbocycles. The number of nitrogens with one attached hydrogen (secondary N) is 1. The molecule has 1 N–H and O–H groups in total. The molecule has 0 aliphatic carbocycles. The third kappa shape index (κ3) is 3.39. The molecular weight excluding hydrogens is 264 g/mol. The fourth-order valence-corrected chi connectivity index (χ4v) is 2.96. The summed E-state index contributed by atoms with van der Waals surface area (Å²) in [4.78, 5) is 1.26. The monoisotopic (exact) mass is 281 g/mol. The predicted octanol–water partition coefficient (Wildman–Crippen LogP) is 4.23. The van der Waals surface area contributed by atoms with E-state index in [9.17, 15) is 8.78 Å². The first-order valence-corrected chi connectivity index (χ1v) is 7.21. The number of benzene rings is 1. The van der Waals surface area contributed by atoms with E-state index >= 15 is 0 Å². The minimum Gasteiger partial charge on any atom is -0.310 e. The summed E-state index contributed by atoms with van der Waals surface area (Å²) in [6, 6.07) is 6.34. The van der Waals surface area contributed by atoms with Crippen molar-refractivity contribution in [2.45, 2.75) is 26.3 Å². The Kier molecular flexibility index (Phi) is 4.66. The summed E-state index contributed by atoms with van der Waals surface area (Å²) in [6.45, 7) is 4.96. The summed E-state index contributed by atoms with van der Waals surface area (Å²) in [5, 5.41) is 5.45. The summed E-state index contributed by atoms with van der Waals surface area (Å²) in [6.07, 6.45) is 0.655. The zero-order chi connectivity index (χ0) is 13.8. The fraction of sp³-hybridized carbons (Fsp3) is 0.333. The van der Waals surface area contributed by atoms with Gasteiger partial charge in [-0.1, -0.05) is 13.0 Å². The lowest BCUT2D eigenvalue weighted by Gasteiger charge is -2.18. The zero-order valence-electron chi connectivity index (χ0n) is 11.0. The van der Waals surface area contributed by atoms with Gasteiger partial charge in [0.25, 0.3) is 0 Å². The van der Waals surface area contributed by atoms with Crippen molar-refractivity contribution in [1.29, 1.82) is 0 Å². The number of hydrogen-bond acceptors (Lipinski definition) is 2. The Morgan fingerprint density at radius 1 is 1.21 bits per heavy atom. The van der Waals surface area contributed by atoms with Crippen LogP contribution in [-0.4, -0.2) is 6.54 Å². The molecule has 4 heteroatoms. The van der Waals surface area contributed by atoms with Gasteiger partial charge >= 0.3 is 0 Å². The minimum absolute atomic E-state index is 0.140. The first kappa shape index (κ1) is 14.2. The van der Waals surface area contributed by atoms with Crippen molar-refractivity contribution in [2.24, 2.45) is 0 Å². The number of hydrogen-bond donors (Lipinski definition) is 1. The Labute approximate surface area is 116 Å². The maximum absolute atomic E-state index is 13.2. The van der Waals surface area contributed by atoms with Crippen LogP contribution in [0, 0.1) is 18.6 Å². The second-order valence-electron chi connectivity index (χ2n) is 4.49. The highest BCUT2D eigenvalue weighted by Crippen LogP contribution is 2.26. The third-order valence-electron chi connectivity index (χ3n) is 3.15. The highest BCUT2D eigenvalue weighted by Gasteiger charge is 2.15. The molecule has 0 fully saturated rings. The van der Waals surface area contributed by atoms with Crippen LogP contribution in [0.5, 0.6) is 0 Å². The third-order valence-corrected chi connectivity index (χ3v) is 4.01. The quantitative estimate of drug-likeness (QED) is 0.865. The van der Waals surface area contributed by atoms with E-state index in [1.165, 1.54) is 22.6 Å². The summed E-state index contributed by atoms with van der Waals surface area (Å²) in [5.74, 6) is -1.58. The van der Waals surface area contributed by atoms with E-state index in [0.29, 0.717) is 6.42 Å². The number of aryl methyl sites for hydroxylation is 1. The van der Waals surface area contributed by atoms with Crippen LogP contribution in [0.1, 0.15) is 29.0 Å². The molecule has 1 atom stereocenters. The van der Waals surface area contributed by atoms with Gasteiger partial charge in [0.15, 0.2) is 11.6 Å². The molecule has 0 aliphatic rings. The van der Waals surface area contributed by atoms with E-state index in [1.54, 1.807) is 17.4 Å². The second kappa shape index (κ2) is 6.26. The van der Waals surface area contributed by atoms with E-state index < -0.39 is 11.6 Å². The molecule has 0 bridgehead atoms. The molecule has 2 rings (SSSR count). The van der Waals surface area contributed by atoms with Crippen molar-refractivity contribution in [3.05, 3.63) is 57.3 Å². The Bertz CT molecular complexity index is 551. The van der Waals surface area contributed by atoms with Crippen LogP contribution in [0.3, 0.4) is 0 Å². The first-order chi connectivity index (χ1) is 9.11. The van der Waals surface area contributed by atoms with Crippen molar-refractivity contribution in [2.75, 3.05) is 6.54 Å². The summed E-state index contributed by atoms with van der Waals surface area (Å²) in [7, 11) is 0. The number of likely N-dealkylation sites (N-methyl/N-ethyl adjacent to an activating group) is 1. The minimum atomic E-state index is -0.796. The van der Waals surface area contributed by atoms with Crippen LogP contribution in [0.2, 0.25) is 0 Å². The summed E-state index contributed by atoms with van der Waals surface area (Å²) in [5.41, 5.74) is 2.03. The normalized spacial score (nSPS) is 12.6. The average Bonchev–Trinajstić information content (AvgIpc) is 2.79. The molecule has 102 valence electrons. The number of thiophene rings is 1. The van der Waals surface area contributed by atoms with Gasteiger partial charge in [0.05, 0.1) is 0 Å². The van der Waals surface area contributed by atoms with Crippen molar-refractivity contribution in [1.82, 2.24) is 5.32 Å². The van der Waals surface area contributed by atoms with Gasteiger partial charge in [-0.15, -0.1) is 11.3 Å². The van der Waals surface area contributed by atoms with Gasteiger partial charge in [0.2, 0.25) is 0 Å². The lowest BCUT2D eigenvalue weighted by Crippen LogP contribution is -2.23. The van der Waals surface area contributed by atoms with Crippen LogP contribution in [0.4, 0.5) is 8.78 Å². The molecule has 0 radical (unpaired) electrons. The topological polar surface area (TPSA) is 12.0 Å². The van der Waals surface area contributed by atoms with Gasteiger partial charge < -0.3 is 5.32 Å². The van der Waals surface area contributed by atoms with Crippen molar-refractivity contribution >= 4 is 11.3 Å². The van der Waals surface area contributed by atoms with Crippen LogP contribution < -0.4 is 5.32 Å². The Balaban J connectivity index is 2.21. The average molecular weight is 281 g/mol. The van der Waals surface area contributed by atoms with E-state index in [1.807, 2.05) is 6.92 Å². The predicted molar refractivity (Wildman–Crippen MR) is 75.5 cm³/mol. The van der Waals surface area contributed by atoms with Crippen LogP contribution in [0.25, 0.3) is 0 Å². The van der Waals surface area contributed by atoms with Crippen molar-refractivity contribution in [3.8, 4) is 0 Å². The molecule has 1 nitrogen and oxygen atoms in total. The smallest absolute Gasteiger partial charge is 0.159 e. The van der Waals surface area contributed by atoms with Gasteiger partial charge in [-0.05, 0) is 54.6 Å². The molecule has 0 spiro atoms. The standard InChI is InChI=1S/C15H17F2NS/c1-3-18-15(12-6-7-19-10(12)2)9-11-4-5-13(16)14(17)8-11/h4-8,15,18H,3,9H2,1-2H3. The SMILES string of the molecule is CCNC(Cc1ccc(F)c(F)c1)c1ccsc1C. The van der Waals surface area contributed by atoms with Crippen molar-refractivity contribution < 1.29 is 8.78 Å². The molecule has 0 amide bonds. The highest BCUT2D eigenvalue weighted by molar-refractivity contribution is 7.10. The maximum atomic E-state index is 13.2. The Morgan fingerprint density at radius 3 is 2.58 bits per heavy atom.